The van der Waals surface area contributed by atoms with Gasteiger partial charge < -0.3 is 49.0 Å². The molecule has 0 saturated heterocycles. The molecule has 0 radical (unpaired) electrons. The number of benzene rings is 11. The Labute approximate surface area is 813 Å². The van der Waals surface area contributed by atoms with Gasteiger partial charge in [-0.05, 0) is 297 Å². The highest BCUT2D eigenvalue weighted by molar-refractivity contribution is 5.78. The molecule has 5 heterocycles. The zero-order valence-electron chi connectivity index (χ0n) is 83.0. The number of hydrogen-bond acceptors (Lipinski definition) is 10. The van der Waals surface area contributed by atoms with Crippen LogP contribution in [0.1, 0.15) is 291 Å². The molecule has 712 valence electrons. The highest BCUT2D eigenvalue weighted by Gasteiger charge is 2.45. The summed E-state index contributed by atoms with van der Waals surface area (Å²) in [5, 5.41) is 0. The first-order valence-electron chi connectivity index (χ1n) is 47.6. The molecule has 10 heteroatoms. The third-order valence-electron chi connectivity index (χ3n) is 29.8. The maximum Gasteiger partial charge on any atom is 0.133 e. The monoisotopic (exact) mass is 1800 g/mol. The van der Waals surface area contributed by atoms with Crippen LogP contribution in [0, 0.1) is 116 Å². The van der Waals surface area contributed by atoms with Crippen molar-refractivity contribution in [2.75, 3.05) is 59.7 Å². The molecule has 2 fully saturated rings. The fourth-order valence-corrected chi connectivity index (χ4v) is 22.8. The Hall–Kier alpha value is -11.9. The molecule has 2 aliphatic carbocycles. The standard InChI is InChI=1S/C26H34N2.C26H28N2.C25H32N2.2C21H26N2.5CH4/c2*1-18-12-9-10-17-23(18)28-21(4)25(22-15-7-6-8-16-22)27(5)26(28)24-19(2)13-11-14-20(24)3;1-17-11-6-9-16-22(17)27-20(4)24(21-14-7-8-15-21)26(5)25(27)23-18(2)12-10-13-19(23)3;2*1-14-10-7-8-13-19(14)23-18(5)17(4)22(6)21(23)20-15(2)11-9-12-16(20)3;;;;;/h9-14,17,22,26H,6-8,15-16H2,1-5H3;6-17,26H,1-5H3;6,9-13,16,21,25H,7-8,14-15H2,1-5H3;2*7-13,21H,1-6H3;5*1H4. The Balaban J connectivity index is 0.000000187. The van der Waals surface area contributed by atoms with E-state index in [2.05, 4.69) is 479 Å². The number of para-hydroxylation sites is 5. The topological polar surface area (TPSA) is 32.4 Å². The lowest BCUT2D eigenvalue weighted by molar-refractivity contribution is 0.272. The lowest BCUT2D eigenvalue weighted by Crippen LogP contribution is -2.33. The van der Waals surface area contributed by atoms with Crippen LogP contribution in [0.4, 0.5) is 28.4 Å². The molecule has 0 N–H and O–H groups in total. The van der Waals surface area contributed by atoms with Gasteiger partial charge in [-0.3, -0.25) is 0 Å². The zero-order valence-corrected chi connectivity index (χ0v) is 83.0. The van der Waals surface area contributed by atoms with Gasteiger partial charge in [0.05, 0.1) is 5.70 Å². The predicted octanol–water partition coefficient (Wildman–Crippen LogP) is 33.6. The predicted molar refractivity (Wildman–Crippen MR) is 584 cm³/mol. The lowest BCUT2D eigenvalue weighted by Gasteiger charge is -2.36. The van der Waals surface area contributed by atoms with Crippen molar-refractivity contribution < 1.29 is 0 Å². The van der Waals surface area contributed by atoms with Crippen LogP contribution in [-0.2, 0) is 0 Å². The Morgan fingerprint density at radius 3 is 0.619 bits per heavy atom. The highest BCUT2D eigenvalue weighted by Crippen LogP contribution is 2.54. The van der Waals surface area contributed by atoms with Gasteiger partial charge >= 0.3 is 0 Å². The maximum atomic E-state index is 2.61. The molecule has 0 amide bonds. The molecule has 2 saturated carbocycles. The van der Waals surface area contributed by atoms with Crippen LogP contribution in [0.15, 0.2) is 294 Å². The second-order valence-electron chi connectivity index (χ2n) is 38.1. The summed E-state index contributed by atoms with van der Waals surface area (Å²) < 4.78 is 0. The van der Waals surface area contributed by atoms with E-state index in [4.69, 9.17) is 0 Å². The maximum absolute atomic E-state index is 2.61. The Morgan fingerprint density at radius 1 is 0.179 bits per heavy atom. The van der Waals surface area contributed by atoms with Crippen LogP contribution in [0.25, 0.3) is 5.70 Å². The van der Waals surface area contributed by atoms with E-state index in [1.54, 1.807) is 11.4 Å². The lowest BCUT2D eigenvalue weighted by atomic mass is 9.86. The van der Waals surface area contributed by atoms with E-state index in [9.17, 15) is 0 Å². The van der Waals surface area contributed by atoms with Gasteiger partial charge in [-0.25, -0.2) is 0 Å². The molecule has 5 unspecified atom stereocenters. The molecule has 5 aliphatic heterocycles. The second kappa shape index (κ2) is 45.4. The van der Waals surface area contributed by atoms with Crippen LogP contribution in [0.5, 0.6) is 0 Å². The molecular formula is C124H166N10. The smallest absolute Gasteiger partial charge is 0.133 e. The van der Waals surface area contributed by atoms with Gasteiger partial charge in [0.15, 0.2) is 0 Å². The summed E-state index contributed by atoms with van der Waals surface area (Å²) in [7, 11) is 11.3. The first-order valence-corrected chi connectivity index (χ1v) is 47.6. The fourth-order valence-electron chi connectivity index (χ4n) is 22.8. The van der Waals surface area contributed by atoms with Crippen molar-refractivity contribution in [1.82, 2.24) is 24.5 Å². The van der Waals surface area contributed by atoms with Crippen molar-refractivity contribution in [2.45, 2.75) is 278 Å². The zero-order chi connectivity index (χ0) is 92.2. The van der Waals surface area contributed by atoms with E-state index in [1.807, 2.05) is 0 Å². The SMILES string of the molecule is C.C.C.C.C.CC1=C(C)N(c2ccccc2C)C(c2c(C)cccc2C)N1C.CC1=C(C)N(c2ccccc2C)C(c2c(C)cccc2C)N1C.CC1=C(C2CCCC2)N(C)C(c2c(C)cccc2C)N1c1ccccc1C.CC1=C(C2CCCCC2)N(C)C(c2c(C)cccc2C)N1c1ccccc1C.CC1=C(c2ccccc2)N(C)C(c2c(C)cccc2C)N1c1ccccc1C. The van der Waals surface area contributed by atoms with Crippen molar-refractivity contribution in [2.24, 2.45) is 11.8 Å². The van der Waals surface area contributed by atoms with Crippen molar-refractivity contribution in [1.29, 1.82) is 0 Å². The number of anilines is 5. The van der Waals surface area contributed by atoms with E-state index in [1.165, 1.54) is 249 Å². The Morgan fingerprint density at radius 2 is 0.373 bits per heavy atom. The summed E-state index contributed by atoms with van der Waals surface area (Å²) >= 11 is 0. The minimum Gasteiger partial charge on any atom is -0.352 e. The molecule has 0 bridgehead atoms. The van der Waals surface area contributed by atoms with Crippen molar-refractivity contribution in [3.05, 3.63) is 411 Å². The average Bonchev–Trinajstić information content (AvgIpc) is 1.59. The third kappa shape index (κ3) is 20.5. The molecule has 0 aromatic heterocycles. The average molecular weight is 1800 g/mol. The molecule has 11 aromatic carbocycles. The van der Waals surface area contributed by atoms with Gasteiger partial charge in [0.25, 0.3) is 0 Å². The van der Waals surface area contributed by atoms with Crippen LogP contribution in [0.2, 0.25) is 0 Å². The summed E-state index contributed by atoms with van der Waals surface area (Å²) in [5.41, 5.74) is 49.0. The van der Waals surface area contributed by atoms with E-state index >= 15 is 0 Å². The molecule has 11 aromatic rings. The van der Waals surface area contributed by atoms with Crippen molar-refractivity contribution in [3.8, 4) is 0 Å². The molecule has 7 aliphatic rings. The first kappa shape index (κ1) is 106. The van der Waals surface area contributed by atoms with Gasteiger partial charge in [-0.15, -0.1) is 0 Å². The molecule has 0 spiro atoms. The molecular weight excluding hydrogens is 1630 g/mol. The van der Waals surface area contributed by atoms with Gasteiger partial charge in [0, 0.05) is 155 Å². The first-order chi connectivity index (χ1) is 61.9. The number of hydrogen-bond donors (Lipinski definition) is 0. The van der Waals surface area contributed by atoms with Gasteiger partial charge in [-0.2, -0.15) is 0 Å². The second-order valence-corrected chi connectivity index (χ2v) is 38.1. The third-order valence-corrected chi connectivity index (χ3v) is 29.8. The summed E-state index contributed by atoms with van der Waals surface area (Å²) in [4.78, 5) is 25.1. The molecule has 10 nitrogen and oxygen atoms in total. The number of allylic oxidation sites excluding steroid dienone is 9. The van der Waals surface area contributed by atoms with Gasteiger partial charge in [0.1, 0.15) is 30.8 Å². The summed E-state index contributed by atoms with van der Waals surface area (Å²) in [5.74, 6) is 1.40. The van der Waals surface area contributed by atoms with Crippen molar-refractivity contribution in [3.63, 3.8) is 0 Å². The fraction of sp³-hybridized carbons (Fsp3) is 0.387. The minimum absolute atomic E-state index is 0. The normalized spacial score (nSPS) is 18.3. The molecule has 134 heavy (non-hydrogen) atoms. The van der Waals surface area contributed by atoms with E-state index in [0.29, 0.717) is 11.8 Å². The van der Waals surface area contributed by atoms with Crippen LogP contribution in [-0.4, -0.2) is 59.7 Å². The van der Waals surface area contributed by atoms with Crippen LogP contribution < -0.4 is 24.5 Å². The van der Waals surface area contributed by atoms with Gasteiger partial charge in [-0.1, -0.05) is 282 Å². The quantitative estimate of drug-likeness (QED) is 0.111. The van der Waals surface area contributed by atoms with E-state index in [-0.39, 0.29) is 68.0 Å². The highest BCUT2D eigenvalue weighted by atomic mass is 15.4. The van der Waals surface area contributed by atoms with Crippen LogP contribution >= 0.6 is 0 Å². The van der Waals surface area contributed by atoms with Gasteiger partial charge in [0.2, 0.25) is 0 Å². The van der Waals surface area contributed by atoms with E-state index < -0.39 is 0 Å². The number of nitrogens with zero attached hydrogens (tertiary/aromatic N) is 10. The molecule has 5 atom stereocenters. The van der Waals surface area contributed by atoms with Crippen LogP contribution in [0.3, 0.4) is 0 Å². The number of aryl methyl sites for hydroxylation is 15. The Bertz CT molecular complexity index is 5800. The minimum atomic E-state index is 0. The molecule has 18 rings (SSSR count). The summed E-state index contributed by atoms with van der Waals surface area (Å²) in [6.07, 6.45) is 13.2. The largest absolute Gasteiger partial charge is 0.352 e. The van der Waals surface area contributed by atoms with Crippen molar-refractivity contribution >= 4 is 34.1 Å². The Kier molecular flexibility index (Phi) is 35.9. The summed E-state index contributed by atoms with van der Waals surface area (Å²) in [6.45, 7) is 49.2. The number of rotatable bonds is 13. The summed E-state index contributed by atoms with van der Waals surface area (Å²) in [6, 6.07) is 87.6. The van der Waals surface area contributed by atoms with E-state index in [0.717, 1.165) is 0 Å².